The Morgan fingerprint density at radius 3 is 1.83 bits per heavy atom. The molecule has 0 aliphatic carbocycles. The van der Waals surface area contributed by atoms with Gasteiger partial charge in [0.1, 0.15) is 0 Å². The van der Waals surface area contributed by atoms with Crippen LogP contribution in [-0.2, 0) is 0 Å². The molecule has 1 N–H and O–H groups in total. The lowest BCUT2D eigenvalue weighted by Crippen LogP contribution is -2.35. The van der Waals surface area contributed by atoms with Crippen molar-refractivity contribution in [1.29, 1.82) is 0 Å². The van der Waals surface area contributed by atoms with E-state index in [1.807, 2.05) is 0 Å². The first-order chi connectivity index (χ1) is 26.8. The van der Waals surface area contributed by atoms with Gasteiger partial charge >= 0.3 is 0 Å². The van der Waals surface area contributed by atoms with Crippen molar-refractivity contribution in [3.63, 3.8) is 0 Å². The Bertz CT molecular complexity index is 3100. The normalized spacial score (nSPS) is 14.5. The Morgan fingerprint density at radius 2 is 1.04 bits per heavy atom. The van der Waals surface area contributed by atoms with Crippen LogP contribution in [0.3, 0.4) is 0 Å². The van der Waals surface area contributed by atoms with Crippen LogP contribution in [0.5, 0.6) is 0 Å². The summed E-state index contributed by atoms with van der Waals surface area (Å²) in [5.74, 6) is 0.799. The van der Waals surface area contributed by atoms with Gasteiger partial charge in [-0.05, 0) is 63.9 Å². The first kappa shape index (κ1) is 30.5. The quantitative estimate of drug-likeness (QED) is 0.196. The lowest BCUT2D eigenvalue weighted by molar-refractivity contribution is 0.761. The molecule has 1 aliphatic heterocycles. The third kappa shape index (κ3) is 4.74. The fourth-order valence-electron chi connectivity index (χ4n) is 8.50. The lowest BCUT2D eigenvalue weighted by Gasteiger charge is -2.26. The van der Waals surface area contributed by atoms with E-state index in [0.717, 1.165) is 39.5 Å². The molecule has 254 valence electrons. The summed E-state index contributed by atoms with van der Waals surface area (Å²) < 4.78 is 4.79. The van der Waals surface area contributed by atoms with E-state index in [1.165, 1.54) is 54.5 Å². The van der Waals surface area contributed by atoms with Crippen molar-refractivity contribution >= 4 is 66.0 Å². The summed E-state index contributed by atoms with van der Waals surface area (Å²) in [5.41, 5.74) is 11.3. The molecule has 0 saturated heterocycles. The highest BCUT2D eigenvalue weighted by atomic mass is 15.2. The van der Waals surface area contributed by atoms with Gasteiger partial charge < -0.3 is 9.88 Å². The monoisotopic (exact) mass is 690 g/mol. The van der Waals surface area contributed by atoms with Gasteiger partial charge in [-0.1, -0.05) is 158 Å². The molecule has 3 heterocycles. The van der Waals surface area contributed by atoms with Crippen LogP contribution in [0, 0.1) is 0 Å². The fraction of sp³-hybridized carbons (Fsp3) is 0.0200. The second-order valence-corrected chi connectivity index (χ2v) is 14.0. The highest BCUT2D eigenvalue weighted by Crippen LogP contribution is 2.43. The van der Waals surface area contributed by atoms with Crippen LogP contribution in [0.4, 0.5) is 0 Å². The van der Waals surface area contributed by atoms with E-state index >= 15 is 0 Å². The van der Waals surface area contributed by atoms with Crippen LogP contribution in [0.25, 0.3) is 76.9 Å². The molecule has 0 bridgehead atoms. The van der Waals surface area contributed by atoms with Crippen molar-refractivity contribution < 1.29 is 0 Å². The predicted molar refractivity (Wildman–Crippen MR) is 226 cm³/mol. The van der Waals surface area contributed by atoms with Crippen molar-refractivity contribution in [2.45, 2.75) is 6.04 Å². The third-order valence-corrected chi connectivity index (χ3v) is 11.0. The summed E-state index contributed by atoms with van der Waals surface area (Å²) >= 11 is 0. The molecule has 10 aromatic rings. The minimum absolute atomic E-state index is 0.0969. The molecule has 0 radical (unpaired) electrons. The van der Waals surface area contributed by atoms with E-state index in [0.29, 0.717) is 0 Å². The maximum Gasteiger partial charge on any atom is 0.209 e. The van der Waals surface area contributed by atoms with Gasteiger partial charge in [-0.15, -0.1) is 0 Å². The van der Waals surface area contributed by atoms with E-state index in [-0.39, 0.29) is 6.04 Å². The zero-order valence-corrected chi connectivity index (χ0v) is 29.4. The predicted octanol–water partition coefficient (Wildman–Crippen LogP) is 12.3. The van der Waals surface area contributed by atoms with Gasteiger partial charge in [0.05, 0.1) is 33.8 Å². The first-order valence-corrected chi connectivity index (χ1v) is 18.5. The topological polar surface area (TPSA) is 34.2 Å². The molecule has 1 unspecified atom stereocenters. The van der Waals surface area contributed by atoms with Crippen molar-refractivity contribution in [3.8, 4) is 16.8 Å². The van der Waals surface area contributed by atoms with E-state index in [2.05, 4.69) is 209 Å². The molecular weight excluding hydrogens is 657 g/mol. The maximum absolute atomic E-state index is 5.53. The van der Waals surface area contributed by atoms with Crippen LogP contribution in [-0.4, -0.2) is 15.1 Å². The highest BCUT2D eigenvalue weighted by Gasteiger charge is 2.26. The van der Waals surface area contributed by atoms with E-state index < -0.39 is 0 Å². The molecule has 2 aromatic heterocycles. The van der Waals surface area contributed by atoms with E-state index in [9.17, 15) is 0 Å². The minimum atomic E-state index is -0.0969. The Balaban J connectivity index is 1.22. The van der Waals surface area contributed by atoms with Crippen LogP contribution in [0.1, 0.15) is 17.2 Å². The second-order valence-electron chi connectivity index (χ2n) is 14.0. The molecule has 11 rings (SSSR count). The Kier molecular flexibility index (Phi) is 6.89. The second kappa shape index (κ2) is 12.2. The van der Waals surface area contributed by atoms with Crippen molar-refractivity contribution in [3.05, 3.63) is 205 Å². The standard InChI is InChI=1S/C50H34N4/c1-4-14-33(15-5-1)34-24-26-37(27-25-34)43-32-42(36-17-6-2-7-18-36)51-50(52-43)54-45-30-28-35-16-10-11-21-39(35)47(45)41-29-31-46-48(49(41)54)40-22-12-13-23-44(40)53(46)38-19-8-3-9-20-38/h1-32,42H,(H,51,52). The van der Waals surface area contributed by atoms with Gasteiger partial charge in [0, 0.05) is 32.8 Å². The highest BCUT2D eigenvalue weighted by molar-refractivity contribution is 6.32. The smallest absolute Gasteiger partial charge is 0.209 e. The number of aromatic nitrogens is 2. The zero-order valence-electron chi connectivity index (χ0n) is 29.4. The molecule has 0 amide bonds. The largest absolute Gasteiger partial charge is 0.345 e. The Labute approximate surface area is 312 Å². The number of benzene rings is 8. The molecule has 1 atom stereocenters. The molecule has 4 heteroatoms. The summed E-state index contributed by atoms with van der Waals surface area (Å²) in [5, 5.41) is 11.2. The minimum Gasteiger partial charge on any atom is -0.345 e. The van der Waals surface area contributed by atoms with Gasteiger partial charge in [0.2, 0.25) is 5.96 Å². The third-order valence-electron chi connectivity index (χ3n) is 11.0. The number of hydrogen-bond acceptors (Lipinski definition) is 2. The molecule has 8 aromatic carbocycles. The zero-order chi connectivity index (χ0) is 35.6. The summed E-state index contributed by atoms with van der Waals surface area (Å²) in [6.45, 7) is 0. The molecule has 1 aliphatic rings. The van der Waals surface area contributed by atoms with Gasteiger partial charge in [0.25, 0.3) is 0 Å². The van der Waals surface area contributed by atoms with Gasteiger partial charge in [0.15, 0.2) is 0 Å². The van der Waals surface area contributed by atoms with Crippen molar-refractivity contribution in [2.75, 3.05) is 0 Å². The van der Waals surface area contributed by atoms with Crippen LogP contribution in [0.15, 0.2) is 199 Å². The van der Waals surface area contributed by atoms with E-state index in [1.54, 1.807) is 0 Å². The number of nitrogens with one attached hydrogen (secondary N) is 1. The number of aliphatic imine (C=N–C) groups is 1. The number of hydrogen-bond donors (Lipinski definition) is 1. The number of para-hydroxylation sites is 2. The summed E-state index contributed by atoms with van der Waals surface area (Å²) in [7, 11) is 0. The van der Waals surface area contributed by atoms with Gasteiger partial charge in [-0.2, -0.15) is 0 Å². The Morgan fingerprint density at radius 1 is 0.426 bits per heavy atom. The number of nitrogens with zero attached hydrogens (tertiary/aromatic N) is 3. The van der Waals surface area contributed by atoms with Crippen LogP contribution in [0.2, 0.25) is 0 Å². The summed E-state index contributed by atoms with van der Waals surface area (Å²) in [6, 6.07) is 67.3. The first-order valence-electron chi connectivity index (χ1n) is 18.5. The maximum atomic E-state index is 5.53. The summed E-state index contributed by atoms with van der Waals surface area (Å²) in [6.07, 6.45) is 2.26. The van der Waals surface area contributed by atoms with Crippen LogP contribution >= 0.6 is 0 Å². The number of fused-ring (bicyclic) bond motifs is 9. The average molecular weight is 691 g/mol. The van der Waals surface area contributed by atoms with Gasteiger partial charge in [-0.3, -0.25) is 4.57 Å². The number of rotatable bonds is 4. The molecule has 0 spiro atoms. The Hall–Kier alpha value is -7.17. The lowest BCUT2D eigenvalue weighted by atomic mass is 10.00. The molecule has 4 nitrogen and oxygen atoms in total. The molecule has 54 heavy (non-hydrogen) atoms. The van der Waals surface area contributed by atoms with Crippen LogP contribution < -0.4 is 5.32 Å². The summed E-state index contributed by atoms with van der Waals surface area (Å²) in [4.78, 5) is 5.53. The fourth-order valence-corrected chi connectivity index (χ4v) is 8.50. The molecule has 0 saturated carbocycles. The van der Waals surface area contributed by atoms with Crippen molar-refractivity contribution in [1.82, 2.24) is 14.5 Å². The molecular formula is C50H34N4. The van der Waals surface area contributed by atoms with Crippen molar-refractivity contribution in [2.24, 2.45) is 4.99 Å². The molecule has 0 fully saturated rings. The SMILES string of the molecule is C1=C(c2ccc(-c3ccccc3)cc2)N=C(n2c3ccc4ccccc4c3c3ccc4c(c5ccccc5n4-c4ccccc4)c32)NC1c1ccccc1. The van der Waals surface area contributed by atoms with Gasteiger partial charge in [-0.25, -0.2) is 4.99 Å². The van der Waals surface area contributed by atoms with E-state index in [4.69, 9.17) is 4.99 Å². The average Bonchev–Trinajstić information content (AvgIpc) is 3.78.